The van der Waals surface area contributed by atoms with Gasteiger partial charge >= 0.3 is 0 Å². The Morgan fingerprint density at radius 1 is 1.18 bits per heavy atom. The van der Waals surface area contributed by atoms with Crippen LogP contribution >= 0.6 is 22.6 Å². The summed E-state index contributed by atoms with van der Waals surface area (Å²) in [5.74, 6) is 0.647. The Hall–Kier alpha value is -1.56. The van der Waals surface area contributed by atoms with Crippen LogP contribution in [-0.2, 0) is 4.79 Å². The van der Waals surface area contributed by atoms with Crippen LogP contribution in [0.25, 0.3) is 0 Å². The maximum Gasteiger partial charge on any atom is 0.265 e. The third kappa shape index (κ3) is 4.47. The lowest BCUT2D eigenvalue weighted by molar-refractivity contribution is -0.122. The molecule has 2 rings (SSSR count). The van der Waals surface area contributed by atoms with Crippen LogP contribution in [-0.4, -0.2) is 12.0 Å². The van der Waals surface area contributed by atoms with E-state index in [1.54, 1.807) is 0 Å². The van der Waals surface area contributed by atoms with Crippen molar-refractivity contribution < 1.29 is 9.53 Å². The molecule has 3 nitrogen and oxygen atoms in total. The monoisotopic (exact) mass is 409 g/mol. The first-order chi connectivity index (χ1) is 10.5. The zero-order valence-electron chi connectivity index (χ0n) is 13.0. The lowest BCUT2D eigenvalue weighted by atomic mass is 10.1. The number of rotatable bonds is 5. The van der Waals surface area contributed by atoms with Crippen molar-refractivity contribution in [1.82, 2.24) is 0 Å². The number of hydrogen-bond donors (Lipinski definition) is 1. The van der Waals surface area contributed by atoms with Gasteiger partial charge in [-0.05, 0) is 84.3 Å². The minimum absolute atomic E-state index is 0.121. The molecular weight excluding hydrogens is 389 g/mol. The first kappa shape index (κ1) is 16.8. The molecule has 22 heavy (non-hydrogen) atoms. The molecule has 0 heterocycles. The van der Waals surface area contributed by atoms with Crippen molar-refractivity contribution in [1.29, 1.82) is 0 Å². The van der Waals surface area contributed by atoms with Crippen molar-refractivity contribution in [2.24, 2.45) is 0 Å². The average molecular weight is 409 g/mol. The van der Waals surface area contributed by atoms with E-state index < -0.39 is 6.10 Å². The lowest BCUT2D eigenvalue weighted by Crippen LogP contribution is -2.32. The second kappa shape index (κ2) is 7.63. The van der Waals surface area contributed by atoms with Crippen LogP contribution in [0.4, 0.5) is 5.69 Å². The molecule has 0 unspecified atom stereocenters. The quantitative estimate of drug-likeness (QED) is 0.727. The van der Waals surface area contributed by atoms with Gasteiger partial charge in [-0.15, -0.1) is 0 Å². The summed E-state index contributed by atoms with van der Waals surface area (Å²) in [5.41, 5.74) is 2.94. The molecule has 1 amide bonds. The first-order valence-electron chi connectivity index (χ1n) is 7.30. The Morgan fingerprint density at radius 2 is 1.86 bits per heavy atom. The molecular formula is C18H20INO2. The van der Waals surface area contributed by atoms with Crippen molar-refractivity contribution in [2.45, 2.75) is 33.3 Å². The molecule has 2 aromatic rings. The van der Waals surface area contributed by atoms with E-state index in [2.05, 4.69) is 27.9 Å². The topological polar surface area (TPSA) is 38.3 Å². The van der Waals surface area contributed by atoms with Gasteiger partial charge in [-0.1, -0.05) is 19.1 Å². The molecule has 2 aromatic carbocycles. The molecule has 0 aliphatic carbocycles. The molecule has 0 aliphatic heterocycles. The number of anilines is 1. The van der Waals surface area contributed by atoms with Gasteiger partial charge in [0.25, 0.3) is 5.91 Å². The fourth-order valence-electron chi connectivity index (χ4n) is 2.07. The number of carbonyl (C=O) groups is 1. The number of aryl methyl sites for hydroxylation is 2. The van der Waals surface area contributed by atoms with Crippen LogP contribution in [0.3, 0.4) is 0 Å². The van der Waals surface area contributed by atoms with E-state index in [1.807, 2.05) is 63.2 Å². The van der Waals surface area contributed by atoms with Crippen molar-refractivity contribution >= 4 is 34.2 Å². The number of benzene rings is 2. The smallest absolute Gasteiger partial charge is 0.265 e. The number of amides is 1. The number of nitrogens with one attached hydrogen (secondary N) is 1. The van der Waals surface area contributed by atoms with E-state index in [1.165, 1.54) is 0 Å². The van der Waals surface area contributed by atoms with Gasteiger partial charge in [-0.3, -0.25) is 4.79 Å². The minimum Gasteiger partial charge on any atom is -0.480 e. The normalized spacial score (nSPS) is 11.8. The second-order valence-electron chi connectivity index (χ2n) is 5.28. The SMILES string of the molecule is CC[C@H](Oc1cc(C)ccc1C)C(=O)Nc1ccc(I)cc1. The van der Waals surface area contributed by atoms with E-state index in [-0.39, 0.29) is 5.91 Å². The van der Waals surface area contributed by atoms with E-state index in [9.17, 15) is 4.79 Å². The maximum absolute atomic E-state index is 12.4. The first-order valence-corrected chi connectivity index (χ1v) is 8.38. The zero-order chi connectivity index (χ0) is 16.1. The Bertz CT molecular complexity index is 653. The maximum atomic E-state index is 12.4. The molecule has 1 N–H and O–H groups in total. The number of carbonyl (C=O) groups excluding carboxylic acids is 1. The largest absolute Gasteiger partial charge is 0.480 e. The zero-order valence-corrected chi connectivity index (χ0v) is 15.2. The van der Waals surface area contributed by atoms with Crippen LogP contribution in [0.2, 0.25) is 0 Å². The molecule has 116 valence electrons. The minimum atomic E-state index is -0.500. The highest BCUT2D eigenvalue weighted by Gasteiger charge is 2.19. The molecule has 0 bridgehead atoms. The molecule has 0 aliphatic rings. The van der Waals surface area contributed by atoms with Gasteiger partial charge in [-0.2, -0.15) is 0 Å². The summed E-state index contributed by atoms with van der Waals surface area (Å²) >= 11 is 2.24. The standard InChI is InChI=1S/C18H20INO2/c1-4-16(22-17-11-12(2)5-6-13(17)3)18(21)20-15-9-7-14(19)8-10-15/h5-11,16H,4H2,1-3H3,(H,20,21)/t16-/m0/s1. The Balaban J connectivity index is 2.08. The summed E-state index contributed by atoms with van der Waals surface area (Å²) in [6.07, 6.45) is 0.114. The van der Waals surface area contributed by atoms with E-state index in [0.717, 1.165) is 26.1 Å². The molecule has 0 saturated heterocycles. The lowest BCUT2D eigenvalue weighted by Gasteiger charge is -2.19. The van der Waals surface area contributed by atoms with Gasteiger partial charge in [0.1, 0.15) is 5.75 Å². The van der Waals surface area contributed by atoms with Gasteiger partial charge in [-0.25, -0.2) is 0 Å². The summed E-state index contributed by atoms with van der Waals surface area (Å²) in [5, 5.41) is 2.91. The molecule has 0 radical (unpaired) electrons. The summed E-state index contributed by atoms with van der Waals surface area (Å²) in [6.45, 7) is 5.95. The summed E-state index contributed by atoms with van der Waals surface area (Å²) in [6, 6.07) is 13.7. The highest BCUT2D eigenvalue weighted by atomic mass is 127. The predicted molar refractivity (Wildman–Crippen MR) is 98.4 cm³/mol. The molecule has 0 saturated carbocycles. The molecule has 0 fully saturated rings. The third-order valence-electron chi connectivity index (χ3n) is 3.39. The van der Waals surface area contributed by atoms with Gasteiger partial charge in [0.05, 0.1) is 0 Å². The fraction of sp³-hybridized carbons (Fsp3) is 0.278. The Morgan fingerprint density at radius 3 is 2.50 bits per heavy atom. The van der Waals surface area contributed by atoms with E-state index in [4.69, 9.17) is 4.74 Å². The molecule has 0 aromatic heterocycles. The van der Waals surface area contributed by atoms with Crippen LogP contribution in [0, 0.1) is 17.4 Å². The highest BCUT2D eigenvalue weighted by molar-refractivity contribution is 14.1. The van der Waals surface area contributed by atoms with Crippen LogP contribution < -0.4 is 10.1 Å². The fourth-order valence-corrected chi connectivity index (χ4v) is 2.43. The van der Waals surface area contributed by atoms with Gasteiger partial charge in [0, 0.05) is 9.26 Å². The predicted octanol–water partition coefficient (Wildman–Crippen LogP) is 4.70. The number of ether oxygens (including phenoxy) is 1. The number of hydrogen-bond acceptors (Lipinski definition) is 2. The second-order valence-corrected chi connectivity index (χ2v) is 6.53. The van der Waals surface area contributed by atoms with Gasteiger partial charge in [0.2, 0.25) is 0 Å². The van der Waals surface area contributed by atoms with Crippen LogP contribution in [0.15, 0.2) is 42.5 Å². The molecule has 1 atom stereocenters. The average Bonchev–Trinajstić information content (AvgIpc) is 2.50. The van der Waals surface area contributed by atoms with Crippen LogP contribution in [0.1, 0.15) is 24.5 Å². The summed E-state index contributed by atoms with van der Waals surface area (Å²) in [7, 11) is 0. The van der Waals surface area contributed by atoms with Crippen molar-refractivity contribution in [3.63, 3.8) is 0 Å². The molecule has 0 spiro atoms. The van der Waals surface area contributed by atoms with E-state index >= 15 is 0 Å². The van der Waals surface area contributed by atoms with Crippen molar-refractivity contribution in [3.8, 4) is 5.75 Å². The molecule has 4 heteroatoms. The van der Waals surface area contributed by atoms with Gasteiger partial charge in [0.15, 0.2) is 6.10 Å². The highest BCUT2D eigenvalue weighted by Crippen LogP contribution is 2.22. The third-order valence-corrected chi connectivity index (χ3v) is 4.11. The summed E-state index contributed by atoms with van der Waals surface area (Å²) < 4.78 is 7.05. The number of halogens is 1. The summed E-state index contributed by atoms with van der Waals surface area (Å²) in [4.78, 5) is 12.4. The Kier molecular flexibility index (Phi) is 5.83. The van der Waals surface area contributed by atoms with Crippen molar-refractivity contribution in [3.05, 3.63) is 57.2 Å². The van der Waals surface area contributed by atoms with Crippen molar-refractivity contribution in [2.75, 3.05) is 5.32 Å². The van der Waals surface area contributed by atoms with Gasteiger partial charge < -0.3 is 10.1 Å². The van der Waals surface area contributed by atoms with Crippen LogP contribution in [0.5, 0.6) is 5.75 Å². The van der Waals surface area contributed by atoms with E-state index in [0.29, 0.717) is 6.42 Å². The Labute approximate surface area is 145 Å².